The van der Waals surface area contributed by atoms with Gasteiger partial charge in [0.2, 0.25) is 0 Å². The molecule has 1 rings (SSSR count). The standard InChI is InChI=1S/C9H12FNO.C2H6/c1-6(2)12-7-3-4-9(11)8(10)5-7;1-2/h3-6H,11H2,1-2H3;1-2H3. The zero-order chi connectivity index (χ0) is 11.1. The molecule has 14 heavy (non-hydrogen) atoms. The molecule has 0 amide bonds. The molecule has 0 saturated carbocycles. The van der Waals surface area contributed by atoms with Gasteiger partial charge in [0.05, 0.1) is 11.8 Å². The van der Waals surface area contributed by atoms with Crippen LogP contribution < -0.4 is 10.5 Å². The molecule has 0 spiro atoms. The van der Waals surface area contributed by atoms with E-state index in [0.29, 0.717) is 5.75 Å². The van der Waals surface area contributed by atoms with Crippen LogP contribution in [0, 0.1) is 5.82 Å². The van der Waals surface area contributed by atoms with Crippen molar-refractivity contribution >= 4 is 5.69 Å². The fraction of sp³-hybridized carbons (Fsp3) is 0.455. The van der Waals surface area contributed by atoms with Gasteiger partial charge in [-0.05, 0) is 26.0 Å². The summed E-state index contributed by atoms with van der Waals surface area (Å²) in [5.74, 6) is 0.0739. The van der Waals surface area contributed by atoms with Crippen LogP contribution in [0.3, 0.4) is 0 Å². The van der Waals surface area contributed by atoms with Crippen molar-refractivity contribution in [1.82, 2.24) is 0 Å². The number of halogens is 1. The van der Waals surface area contributed by atoms with E-state index >= 15 is 0 Å². The van der Waals surface area contributed by atoms with Crippen LogP contribution in [0.15, 0.2) is 18.2 Å². The lowest BCUT2D eigenvalue weighted by molar-refractivity contribution is 0.241. The van der Waals surface area contributed by atoms with Crippen LogP contribution in [0.4, 0.5) is 10.1 Å². The minimum Gasteiger partial charge on any atom is -0.491 e. The topological polar surface area (TPSA) is 35.2 Å². The van der Waals surface area contributed by atoms with E-state index in [0.717, 1.165) is 0 Å². The molecule has 0 aliphatic heterocycles. The molecule has 0 unspecified atom stereocenters. The van der Waals surface area contributed by atoms with E-state index in [1.807, 2.05) is 27.7 Å². The van der Waals surface area contributed by atoms with Gasteiger partial charge in [-0.25, -0.2) is 4.39 Å². The fourth-order valence-corrected chi connectivity index (χ4v) is 0.853. The number of nitrogen functional groups attached to an aromatic ring is 1. The van der Waals surface area contributed by atoms with Crippen molar-refractivity contribution < 1.29 is 9.13 Å². The highest BCUT2D eigenvalue weighted by molar-refractivity contribution is 5.43. The number of anilines is 1. The largest absolute Gasteiger partial charge is 0.491 e. The van der Waals surface area contributed by atoms with E-state index in [-0.39, 0.29) is 11.8 Å². The maximum Gasteiger partial charge on any atom is 0.149 e. The zero-order valence-electron chi connectivity index (χ0n) is 9.17. The van der Waals surface area contributed by atoms with E-state index in [2.05, 4.69) is 0 Å². The molecule has 0 saturated heterocycles. The third-order valence-corrected chi connectivity index (χ3v) is 1.34. The van der Waals surface area contributed by atoms with Crippen molar-refractivity contribution in [2.24, 2.45) is 0 Å². The molecule has 1 aromatic rings. The molecule has 0 aliphatic rings. The lowest BCUT2D eigenvalue weighted by atomic mass is 10.3. The summed E-state index contributed by atoms with van der Waals surface area (Å²) in [6.07, 6.45) is 0.0491. The molecule has 3 heteroatoms. The van der Waals surface area contributed by atoms with Crippen LogP contribution in [0.5, 0.6) is 5.75 Å². The van der Waals surface area contributed by atoms with Gasteiger partial charge in [-0.2, -0.15) is 0 Å². The Labute approximate surface area is 84.9 Å². The Bertz CT molecular complexity index is 274. The Morgan fingerprint density at radius 1 is 1.29 bits per heavy atom. The van der Waals surface area contributed by atoms with Gasteiger partial charge < -0.3 is 10.5 Å². The third-order valence-electron chi connectivity index (χ3n) is 1.34. The van der Waals surface area contributed by atoms with E-state index in [9.17, 15) is 4.39 Å². The van der Waals surface area contributed by atoms with Crippen molar-refractivity contribution in [3.05, 3.63) is 24.0 Å². The van der Waals surface area contributed by atoms with Gasteiger partial charge >= 0.3 is 0 Å². The van der Waals surface area contributed by atoms with Gasteiger partial charge in [0.1, 0.15) is 11.6 Å². The summed E-state index contributed by atoms with van der Waals surface area (Å²) < 4.78 is 18.1. The van der Waals surface area contributed by atoms with Crippen molar-refractivity contribution in [2.75, 3.05) is 5.73 Å². The first-order valence-corrected chi connectivity index (χ1v) is 4.81. The molecule has 0 atom stereocenters. The number of hydrogen-bond acceptors (Lipinski definition) is 2. The average molecular weight is 199 g/mol. The molecule has 0 heterocycles. The van der Waals surface area contributed by atoms with Gasteiger partial charge in [0.25, 0.3) is 0 Å². The molecule has 0 fully saturated rings. The number of ether oxygens (including phenoxy) is 1. The summed E-state index contributed by atoms with van der Waals surface area (Å²) in [7, 11) is 0. The predicted octanol–water partition coefficient (Wildman–Crippen LogP) is 3.22. The first-order valence-electron chi connectivity index (χ1n) is 4.81. The first-order chi connectivity index (χ1) is 6.59. The van der Waals surface area contributed by atoms with E-state index in [1.54, 1.807) is 6.07 Å². The number of benzene rings is 1. The highest BCUT2D eigenvalue weighted by Crippen LogP contribution is 2.18. The highest BCUT2D eigenvalue weighted by Gasteiger charge is 2.01. The van der Waals surface area contributed by atoms with E-state index in [1.165, 1.54) is 12.1 Å². The first kappa shape index (κ1) is 12.8. The normalized spacial score (nSPS) is 9.29. The summed E-state index contributed by atoms with van der Waals surface area (Å²) in [6.45, 7) is 7.77. The lowest BCUT2D eigenvalue weighted by Crippen LogP contribution is -2.05. The second kappa shape index (κ2) is 6.24. The van der Waals surface area contributed by atoms with Crippen LogP contribution >= 0.6 is 0 Å². The summed E-state index contributed by atoms with van der Waals surface area (Å²) in [5.41, 5.74) is 5.43. The van der Waals surface area contributed by atoms with Crippen molar-refractivity contribution in [2.45, 2.75) is 33.8 Å². The average Bonchev–Trinajstić information content (AvgIpc) is 2.14. The van der Waals surface area contributed by atoms with Gasteiger partial charge in [0.15, 0.2) is 0 Å². The second-order valence-corrected chi connectivity index (χ2v) is 2.85. The summed E-state index contributed by atoms with van der Waals surface area (Å²) in [6, 6.07) is 4.43. The Morgan fingerprint density at radius 2 is 1.86 bits per heavy atom. The molecule has 2 N–H and O–H groups in total. The molecular formula is C11H18FNO. The SMILES string of the molecule is CC.CC(C)Oc1ccc(N)c(F)c1. The van der Waals surface area contributed by atoms with Crippen molar-refractivity contribution in [1.29, 1.82) is 0 Å². The fourth-order valence-electron chi connectivity index (χ4n) is 0.853. The number of nitrogens with two attached hydrogens (primary N) is 1. The molecule has 0 aliphatic carbocycles. The molecule has 0 bridgehead atoms. The molecular weight excluding hydrogens is 181 g/mol. The van der Waals surface area contributed by atoms with Crippen molar-refractivity contribution in [3.8, 4) is 5.75 Å². The van der Waals surface area contributed by atoms with E-state index < -0.39 is 5.82 Å². The predicted molar refractivity (Wildman–Crippen MR) is 57.9 cm³/mol. The number of hydrogen-bond donors (Lipinski definition) is 1. The van der Waals surface area contributed by atoms with Crippen LogP contribution in [0.1, 0.15) is 27.7 Å². The summed E-state index contributed by atoms with van der Waals surface area (Å²) >= 11 is 0. The Balaban J connectivity index is 0.000000791. The molecule has 80 valence electrons. The van der Waals surface area contributed by atoms with Crippen LogP contribution in [-0.2, 0) is 0 Å². The Hall–Kier alpha value is -1.25. The van der Waals surface area contributed by atoms with Gasteiger partial charge in [-0.3, -0.25) is 0 Å². The maximum absolute atomic E-state index is 12.8. The molecule has 2 nitrogen and oxygen atoms in total. The van der Waals surface area contributed by atoms with Crippen LogP contribution in [0.25, 0.3) is 0 Å². The summed E-state index contributed by atoms with van der Waals surface area (Å²) in [5, 5.41) is 0. The monoisotopic (exact) mass is 199 g/mol. The molecule has 1 aromatic carbocycles. The smallest absolute Gasteiger partial charge is 0.149 e. The molecule has 0 radical (unpaired) electrons. The van der Waals surface area contributed by atoms with Gasteiger partial charge in [-0.1, -0.05) is 13.8 Å². The highest BCUT2D eigenvalue weighted by atomic mass is 19.1. The summed E-state index contributed by atoms with van der Waals surface area (Å²) in [4.78, 5) is 0. The van der Waals surface area contributed by atoms with E-state index in [4.69, 9.17) is 10.5 Å². The quantitative estimate of drug-likeness (QED) is 0.742. The Morgan fingerprint density at radius 3 is 2.29 bits per heavy atom. The molecule has 0 aromatic heterocycles. The van der Waals surface area contributed by atoms with Crippen LogP contribution in [0.2, 0.25) is 0 Å². The van der Waals surface area contributed by atoms with Gasteiger partial charge in [-0.15, -0.1) is 0 Å². The Kier molecular flexibility index (Phi) is 5.68. The minimum atomic E-state index is -0.437. The zero-order valence-corrected chi connectivity index (χ0v) is 9.17. The second-order valence-electron chi connectivity index (χ2n) is 2.85. The van der Waals surface area contributed by atoms with Gasteiger partial charge in [0, 0.05) is 6.07 Å². The third kappa shape index (κ3) is 4.12. The maximum atomic E-state index is 12.8. The number of rotatable bonds is 2. The van der Waals surface area contributed by atoms with Crippen LogP contribution in [-0.4, -0.2) is 6.10 Å². The lowest BCUT2D eigenvalue weighted by Gasteiger charge is -2.09. The minimum absolute atomic E-state index is 0.0491. The van der Waals surface area contributed by atoms with Crippen molar-refractivity contribution in [3.63, 3.8) is 0 Å².